The minimum absolute atomic E-state index is 0.276. The molecule has 4 heteroatoms. The molecule has 3 rings (SSSR count). The summed E-state index contributed by atoms with van der Waals surface area (Å²) < 4.78 is 5.34. The second-order valence-corrected chi connectivity index (χ2v) is 6.82. The molecule has 24 heavy (non-hydrogen) atoms. The standard InChI is InChI=1S/C20H28N2O2/c1-17-4-2-3-5-19(17)7-6-18-8-10-22(11-9-18)20(23)16-21-12-14-24-15-13-21/h2-7,18H,8-16H2,1H3/b7-6+. The summed E-state index contributed by atoms with van der Waals surface area (Å²) in [6.45, 7) is 7.71. The number of hydrogen-bond acceptors (Lipinski definition) is 3. The molecular weight excluding hydrogens is 300 g/mol. The van der Waals surface area contributed by atoms with Crippen LogP contribution in [0.2, 0.25) is 0 Å². The minimum Gasteiger partial charge on any atom is -0.379 e. The Morgan fingerprint density at radius 1 is 1.17 bits per heavy atom. The van der Waals surface area contributed by atoms with Crippen LogP contribution >= 0.6 is 0 Å². The summed E-state index contributed by atoms with van der Waals surface area (Å²) in [7, 11) is 0. The van der Waals surface area contributed by atoms with Crippen molar-refractivity contribution in [2.45, 2.75) is 19.8 Å². The van der Waals surface area contributed by atoms with Crippen molar-refractivity contribution in [3.8, 4) is 0 Å². The monoisotopic (exact) mass is 328 g/mol. The smallest absolute Gasteiger partial charge is 0.236 e. The van der Waals surface area contributed by atoms with E-state index >= 15 is 0 Å². The largest absolute Gasteiger partial charge is 0.379 e. The van der Waals surface area contributed by atoms with E-state index in [0.29, 0.717) is 12.5 Å². The molecule has 2 saturated heterocycles. The molecular formula is C20H28N2O2. The highest BCUT2D eigenvalue weighted by Gasteiger charge is 2.23. The average molecular weight is 328 g/mol. The van der Waals surface area contributed by atoms with Gasteiger partial charge in [0.1, 0.15) is 0 Å². The fourth-order valence-electron chi connectivity index (χ4n) is 3.41. The molecule has 0 saturated carbocycles. The van der Waals surface area contributed by atoms with Crippen LogP contribution in [0.5, 0.6) is 0 Å². The van der Waals surface area contributed by atoms with E-state index < -0.39 is 0 Å². The summed E-state index contributed by atoms with van der Waals surface area (Å²) in [5, 5.41) is 0. The topological polar surface area (TPSA) is 32.8 Å². The number of rotatable bonds is 4. The van der Waals surface area contributed by atoms with Gasteiger partial charge in [0, 0.05) is 26.2 Å². The Hall–Kier alpha value is -1.65. The van der Waals surface area contributed by atoms with Gasteiger partial charge in [0.2, 0.25) is 5.91 Å². The molecule has 0 spiro atoms. The highest BCUT2D eigenvalue weighted by molar-refractivity contribution is 5.78. The Labute approximate surface area is 145 Å². The van der Waals surface area contributed by atoms with Crippen LogP contribution in [-0.4, -0.2) is 61.6 Å². The number of ether oxygens (including phenoxy) is 1. The van der Waals surface area contributed by atoms with Crippen LogP contribution in [0.15, 0.2) is 30.3 Å². The van der Waals surface area contributed by atoms with Crippen molar-refractivity contribution in [3.05, 3.63) is 41.5 Å². The summed E-state index contributed by atoms with van der Waals surface area (Å²) >= 11 is 0. The lowest BCUT2D eigenvalue weighted by atomic mass is 9.95. The first-order chi connectivity index (χ1) is 11.7. The zero-order chi connectivity index (χ0) is 16.8. The van der Waals surface area contributed by atoms with Crippen molar-refractivity contribution in [3.63, 3.8) is 0 Å². The number of hydrogen-bond donors (Lipinski definition) is 0. The highest BCUT2D eigenvalue weighted by atomic mass is 16.5. The first-order valence-electron chi connectivity index (χ1n) is 9.04. The van der Waals surface area contributed by atoms with Gasteiger partial charge < -0.3 is 9.64 Å². The van der Waals surface area contributed by atoms with Crippen molar-refractivity contribution in [2.24, 2.45) is 5.92 Å². The predicted octanol–water partition coefficient (Wildman–Crippen LogP) is 2.58. The number of carbonyl (C=O) groups excluding carboxylic acids is 1. The predicted molar refractivity (Wildman–Crippen MR) is 96.8 cm³/mol. The molecule has 130 valence electrons. The molecule has 1 aromatic carbocycles. The second kappa shape index (κ2) is 8.45. The zero-order valence-corrected chi connectivity index (χ0v) is 14.6. The van der Waals surface area contributed by atoms with E-state index in [1.54, 1.807) is 0 Å². The molecule has 0 bridgehead atoms. The van der Waals surface area contributed by atoms with Crippen molar-refractivity contribution < 1.29 is 9.53 Å². The van der Waals surface area contributed by atoms with E-state index in [2.05, 4.69) is 48.2 Å². The molecule has 2 aliphatic heterocycles. The van der Waals surface area contributed by atoms with Crippen LogP contribution in [0.3, 0.4) is 0 Å². The number of piperidine rings is 1. The van der Waals surface area contributed by atoms with Gasteiger partial charge in [-0.05, 0) is 36.8 Å². The molecule has 0 atom stereocenters. The fraction of sp³-hybridized carbons (Fsp3) is 0.550. The van der Waals surface area contributed by atoms with Crippen LogP contribution in [0.4, 0.5) is 0 Å². The Balaban J connectivity index is 1.45. The van der Waals surface area contributed by atoms with E-state index in [9.17, 15) is 4.79 Å². The van der Waals surface area contributed by atoms with Gasteiger partial charge in [0.25, 0.3) is 0 Å². The Morgan fingerprint density at radius 2 is 1.88 bits per heavy atom. The van der Waals surface area contributed by atoms with Gasteiger partial charge in [-0.1, -0.05) is 36.4 Å². The number of allylic oxidation sites excluding steroid dienone is 1. The Kier molecular flexibility index (Phi) is 6.05. The van der Waals surface area contributed by atoms with E-state index in [0.717, 1.165) is 52.2 Å². The third-order valence-electron chi connectivity index (χ3n) is 5.09. The molecule has 0 N–H and O–H groups in total. The highest BCUT2D eigenvalue weighted by Crippen LogP contribution is 2.20. The molecule has 1 amide bonds. The number of carbonyl (C=O) groups is 1. The van der Waals surface area contributed by atoms with E-state index in [-0.39, 0.29) is 5.91 Å². The first kappa shape index (κ1) is 17.2. The van der Waals surface area contributed by atoms with Crippen molar-refractivity contribution in [2.75, 3.05) is 45.9 Å². The normalized spacial score (nSPS) is 20.6. The quantitative estimate of drug-likeness (QED) is 0.852. The van der Waals surface area contributed by atoms with Crippen LogP contribution < -0.4 is 0 Å². The average Bonchev–Trinajstić information content (AvgIpc) is 2.62. The molecule has 4 nitrogen and oxygen atoms in total. The van der Waals surface area contributed by atoms with Gasteiger partial charge in [0.15, 0.2) is 0 Å². The number of benzene rings is 1. The molecule has 2 aliphatic rings. The summed E-state index contributed by atoms with van der Waals surface area (Å²) in [4.78, 5) is 16.7. The lowest BCUT2D eigenvalue weighted by Gasteiger charge is -2.33. The van der Waals surface area contributed by atoms with Crippen LogP contribution in [0.1, 0.15) is 24.0 Å². The number of aryl methyl sites for hydroxylation is 1. The molecule has 2 fully saturated rings. The first-order valence-corrected chi connectivity index (χ1v) is 9.04. The van der Waals surface area contributed by atoms with E-state index in [1.807, 2.05) is 4.90 Å². The minimum atomic E-state index is 0.276. The van der Waals surface area contributed by atoms with Crippen molar-refractivity contribution in [1.82, 2.24) is 9.80 Å². The summed E-state index contributed by atoms with van der Waals surface area (Å²) in [5.41, 5.74) is 2.61. The fourth-order valence-corrected chi connectivity index (χ4v) is 3.41. The second-order valence-electron chi connectivity index (χ2n) is 6.82. The summed E-state index contributed by atoms with van der Waals surface area (Å²) in [5.74, 6) is 0.857. The Bertz CT molecular complexity index is 571. The molecule has 0 aromatic heterocycles. The van der Waals surface area contributed by atoms with Crippen LogP contribution in [0, 0.1) is 12.8 Å². The van der Waals surface area contributed by atoms with E-state index in [1.165, 1.54) is 11.1 Å². The maximum absolute atomic E-state index is 12.4. The summed E-state index contributed by atoms with van der Waals surface area (Å²) in [6, 6.07) is 8.46. The van der Waals surface area contributed by atoms with Gasteiger partial charge in [-0.2, -0.15) is 0 Å². The molecule has 2 heterocycles. The number of likely N-dealkylation sites (tertiary alicyclic amines) is 1. The lowest BCUT2D eigenvalue weighted by molar-refractivity contribution is -0.134. The van der Waals surface area contributed by atoms with E-state index in [4.69, 9.17) is 4.74 Å². The SMILES string of the molecule is Cc1ccccc1/C=C/C1CCN(C(=O)CN2CCOCC2)CC1. The van der Waals surface area contributed by atoms with Gasteiger partial charge in [0.05, 0.1) is 19.8 Å². The summed E-state index contributed by atoms with van der Waals surface area (Å²) in [6.07, 6.45) is 6.70. The molecule has 1 aromatic rings. The third kappa shape index (κ3) is 4.68. The third-order valence-corrected chi connectivity index (χ3v) is 5.09. The van der Waals surface area contributed by atoms with Gasteiger partial charge in [-0.15, -0.1) is 0 Å². The zero-order valence-electron chi connectivity index (χ0n) is 14.6. The van der Waals surface area contributed by atoms with Gasteiger partial charge in [-0.25, -0.2) is 0 Å². The Morgan fingerprint density at radius 3 is 2.58 bits per heavy atom. The number of nitrogens with zero attached hydrogens (tertiary/aromatic N) is 2. The maximum atomic E-state index is 12.4. The number of amides is 1. The van der Waals surface area contributed by atoms with Crippen molar-refractivity contribution in [1.29, 1.82) is 0 Å². The van der Waals surface area contributed by atoms with Crippen LogP contribution in [-0.2, 0) is 9.53 Å². The number of morpholine rings is 1. The van der Waals surface area contributed by atoms with Gasteiger partial charge >= 0.3 is 0 Å². The molecule has 0 aliphatic carbocycles. The maximum Gasteiger partial charge on any atom is 0.236 e. The van der Waals surface area contributed by atoms with Gasteiger partial charge in [-0.3, -0.25) is 9.69 Å². The molecule has 0 radical (unpaired) electrons. The lowest BCUT2D eigenvalue weighted by Crippen LogP contribution is -2.46. The molecule has 0 unspecified atom stereocenters. The van der Waals surface area contributed by atoms with Crippen LogP contribution in [0.25, 0.3) is 6.08 Å². The van der Waals surface area contributed by atoms with Crippen molar-refractivity contribution >= 4 is 12.0 Å².